The van der Waals surface area contributed by atoms with E-state index < -0.39 is 0 Å². The van der Waals surface area contributed by atoms with E-state index in [1.54, 1.807) is 0 Å². The van der Waals surface area contributed by atoms with Crippen LogP contribution in [0.5, 0.6) is 0 Å². The number of fused-ring (bicyclic) bond motifs is 2. The van der Waals surface area contributed by atoms with E-state index in [0.29, 0.717) is 36.6 Å². The van der Waals surface area contributed by atoms with Crippen LogP contribution in [-0.2, 0) is 4.79 Å². The number of piperazine rings is 1. The number of ketones is 1. The standard InChI is InChI=1S/C21H33N5O/c1-3-20(27)8-11-25-9-6-16(7-10-25)17-12-22-21(23-13-17)26-18-4-5-19(26)15-24(2)14-18/h12-13,16,18-19H,3-11,14-15H2,1-2H3. The molecule has 1 aromatic heterocycles. The SMILES string of the molecule is CCC(=O)CCN1CCC(c2cnc(N3C4CCC3CN(C)C4)nc2)CC1. The van der Waals surface area contributed by atoms with Gasteiger partial charge in [0.05, 0.1) is 0 Å². The first-order chi connectivity index (χ1) is 13.1. The Labute approximate surface area is 162 Å². The molecule has 3 fully saturated rings. The molecule has 2 unspecified atom stereocenters. The molecule has 0 spiro atoms. The molecule has 0 radical (unpaired) electrons. The van der Waals surface area contributed by atoms with E-state index in [4.69, 9.17) is 9.97 Å². The van der Waals surface area contributed by atoms with Crippen LogP contribution in [0.15, 0.2) is 12.4 Å². The Morgan fingerprint density at radius 2 is 1.70 bits per heavy atom. The van der Waals surface area contributed by atoms with Crippen LogP contribution in [0, 0.1) is 0 Å². The highest BCUT2D eigenvalue weighted by Gasteiger charge is 2.40. The van der Waals surface area contributed by atoms with E-state index in [9.17, 15) is 4.79 Å². The van der Waals surface area contributed by atoms with Crippen molar-refractivity contribution in [2.45, 2.75) is 63.5 Å². The zero-order valence-corrected chi connectivity index (χ0v) is 16.8. The van der Waals surface area contributed by atoms with Gasteiger partial charge in [-0.25, -0.2) is 9.97 Å². The van der Waals surface area contributed by atoms with E-state index in [-0.39, 0.29) is 0 Å². The Kier molecular flexibility index (Phi) is 5.74. The van der Waals surface area contributed by atoms with Crippen LogP contribution in [0.25, 0.3) is 0 Å². The predicted molar refractivity (Wildman–Crippen MR) is 107 cm³/mol. The molecule has 3 aliphatic rings. The van der Waals surface area contributed by atoms with Crippen molar-refractivity contribution in [3.05, 3.63) is 18.0 Å². The molecule has 6 nitrogen and oxygen atoms in total. The van der Waals surface area contributed by atoms with Crippen LogP contribution in [0.3, 0.4) is 0 Å². The Hall–Kier alpha value is -1.53. The summed E-state index contributed by atoms with van der Waals surface area (Å²) in [6.45, 7) is 7.27. The molecule has 2 atom stereocenters. The van der Waals surface area contributed by atoms with Gasteiger partial charge in [-0.05, 0) is 57.3 Å². The van der Waals surface area contributed by atoms with Gasteiger partial charge >= 0.3 is 0 Å². The number of anilines is 1. The molecule has 4 rings (SSSR count). The Bertz CT molecular complexity index is 626. The normalized spacial score (nSPS) is 27.3. The maximum atomic E-state index is 11.5. The molecule has 6 heteroatoms. The van der Waals surface area contributed by atoms with Crippen LogP contribution in [0.2, 0.25) is 0 Å². The van der Waals surface area contributed by atoms with Gasteiger partial charge in [0.2, 0.25) is 5.95 Å². The number of piperidine rings is 1. The van der Waals surface area contributed by atoms with Gasteiger partial charge in [0.1, 0.15) is 5.78 Å². The molecule has 0 amide bonds. The minimum atomic E-state index is 0.374. The number of aromatic nitrogens is 2. The molecular weight excluding hydrogens is 338 g/mol. The smallest absolute Gasteiger partial charge is 0.225 e. The summed E-state index contributed by atoms with van der Waals surface area (Å²) in [5.41, 5.74) is 1.28. The minimum Gasteiger partial charge on any atom is -0.332 e. The van der Waals surface area contributed by atoms with Crippen molar-refractivity contribution in [3.63, 3.8) is 0 Å². The van der Waals surface area contributed by atoms with Gasteiger partial charge in [-0.3, -0.25) is 4.79 Å². The minimum absolute atomic E-state index is 0.374. The number of nitrogens with zero attached hydrogens (tertiary/aromatic N) is 5. The number of carbonyl (C=O) groups is 1. The predicted octanol–water partition coefficient (Wildman–Crippen LogP) is 2.31. The van der Waals surface area contributed by atoms with Gasteiger partial charge in [0.25, 0.3) is 0 Å². The van der Waals surface area contributed by atoms with Crippen molar-refractivity contribution in [3.8, 4) is 0 Å². The average Bonchev–Trinajstić information content (AvgIpc) is 2.97. The quantitative estimate of drug-likeness (QED) is 0.765. The summed E-state index contributed by atoms with van der Waals surface area (Å²) in [7, 11) is 2.22. The number of likely N-dealkylation sites (tertiary alicyclic amines) is 2. The highest BCUT2D eigenvalue weighted by molar-refractivity contribution is 5.78. The number of Topliss-reactive ketones (excluding diaryl/α,β-unsaturated/α-hetero) is 1. The molecule has 0 aromatic carbocycles. The summed E-state index contributed by atoms with van der Waals surface area (Å²) in [6, 6.07) is 1.15. The molecule has 0 saturated carbocycles. The summed E-state index contributed by atoms with van der Waals surface area (Å²) < 4.78 is 0. The molecular formula is C21H33N5O. The van der Waals surface area contributed by atoms with E-state index in [1.165, 1.54) is 18.4 Å². The first kappa shape index (κ1) is 18.8. The fourth-order valence-corrected chi connectivity index (χ4v) is 5.07. The lowest BCUT2D eigenvalue weighted by Crippen LogP contribution is -2.53. The lowest BCUT2D eigenvalue weighted by Gasteiger charge is -2.39. The molecule has 148 valence electrons. The third kappa shape index (κ3) is 4.16. The second-order valence-corrected chi connectivity index (χ2v) is 8.59. The average molecular weight is 372 g/mol. The van der Waals surface area contributed by atoms with Crippen molar-refractivity contribution >= 4 is 11.7 Å². The van der Waals surface area contributed by atoms with Gasteiger partial charge in [0.15, 0.2) is 0 Å². The van der Waals surface area contributed by atoms with Crippen LogP contribution >= 0.6 is 0 Å². The molecule has 0 aliphatic carbocycles. The maximum Gasteiger partial charge on any atom is 0.225 e. The Balaban J connectivity index is 1.32. The summed E-state index contributed by atoms with van der Waals surface area (Å²) in [4.78, 5) is 28.4. The molecule has 27 heavy (non-hydrogen) atoms. The summed E-state index contributed by atoms with van der Waals surface area (Å²) >= 11 is 0. The third-order valence-corrected chi connectivity index (χ3v) is 6.71. The lowest BCUT2D eigenvalue weighted by atomic mass is 9.91. The van der Waals surface area contributed by atoms with Crippen LogP contribution in [0.1, 0.15) is 56.9 Å². The summed E-state index contributed by atoms with van der Waals surface area (Å²) in [5, 5.41) is 0. The van der Waals surface area contributed by atoms with Crippen molar-refractivity contribution in [2.75, 3.05) is 44.7 Å². The lowest BCUT2D eigenvalue weighted by molar-refractivity contribution is -0.119. The second kappa shape index (κ2) is 8.23. The maximum absolute atomic E-state index is 11.5. The first-order valence-electron chi connectivity index (χ1n) is 10.7. The second-order valence-electron chi connectivity index (χ2n) is 8.59. The molecule has 3 aliphatic heterocycles. The van der Waals surface area contributed by atoms with E-state index in [0.717, 1.165) is 51.5 Å². The first-order valence-corrected chi connectivity index (χ1v) is 10.7. The van der Waals surface area contributed by atoms with Crippen LogP contribution in [0.4, 0.5) is 5.95 Å². The van der Waals surface area contributed by atoms with Crippen molar-refractivity contribution in [1.82, 2.24) is 19.8 Å². The van der Waals surface area contributed by atoms with Crippen molar-refractivity contribution in [2.24, 2.45) is 0 Å². The van der Waals surface area contributed by atoms with Crippen LogP contribution in [-0.4, -0.2) is 77.4 Å². The number of carbonyl (C=O) groups excluding carboxylic acids is 1. The van der Waals surface area contributed by atoms with Crippen LogP contribution < -0.4 is 4.90 Å². The molecule has 2 bridgehead atoms. The monoisotopic (exact) mass is 371 g/mol. The topological polar surface area (TPSA) is 52.6 Å². The highest BCUT2D eigenvalue weighted by Crippen LogP contribution is 2.33. The fourth-order valence-electron chi connectivity index (χ4n) is 5.07. The zero-order chi connectivity index (χ0) is 18.8. The fraction of sp³-hybridized carbons (Fsp3) is 0.762. The van der Waals surface area contributed by atoms with Gasteiger partial charge < -0.3 is 14.7 Å². The molecule has 0 N–H and O–H groups in total. The van der Waals surface area contributed by atoms with Gasteiger partial charge in [0, 0.05) is 57.0 Å². The molecule has 4 heterocycles. The number of hydrogen-bond acceptors (Lipinski definition) is 6. The highest BCUT2D eigenvalue weighted by atomic mass is 16.1. The van der Waals surface area contributed by atoms with E-state index in [2.05, 4.69) is 34.1 Å². The number of hydrogen-bond donors (Lipinski definition) is 0. The summed E-state index contributed by atoms with van der Waals surface area (Å²) in [5.74, 6) is 1.86. The Morgan fingerprint density at radius 1 is 1.07 bits per heavy atom. The number of likely N-dealkylation sites (N-methyl/N-ethyl adjacent to an activating group) is 1. The van der Waals surface area contributed by atoms with Gasteiger partial charge in [-0.15, -0.1) is 0 Å². The Morgan fingerprint density at radius 3 is 2.30 bits per heavy atom. The van der Waals surface area contributed by atoms with Gasteiger partial charge in [-0.1, -0.05) is 6.92 Å². The largest absolute Gasteiger partial charge is 0.332 e. The molecule has 3 saturated heterocycles. The van der Waals surface area contributed by atoms with Gasteiger partial charge in [-0.2, -0.15) is 0 Å². The van der Waals surface area contributed by atoms with E-state index in [1.807, 2.05) is 6.92 Å². The summed E-state index contributed by atoms with van der Waals surface area (Å²) in [6.07, 6.45) is 10.3. The zero-order valence-electron chi connectivity index (χ0n) is 16.8. The van der Waals surface area contributed by atoms with Crippen molar-refractivity contribution < 1.29 is 4.79 Å². The van der Waals surface area contributed by atoms with E-state index >= 15 is 0 Å². The number of rotatable bonds is 6. The third-order valence-electron chi connectivity index (χ3n) is 6.71. The van der Waals surface area contributed by atoms with Crippen molar-refractivity contribution in [1.29, 1.82) is 0 Å². The molecule has 1 aromatic rings.